The zero-order chi connectivity index (χ0) is 18.5. The van der Waals surface area contributed by atoms with Gasteiger partial charge >= 0.3 is 0 Å². The third-order valence-corrected chi connectivity index (χ3v) is 4.29. The van der Waals surface area contributed by atoms with Gasteiger partial charge in [-0.3, -0.25) is 9.78 Å². The van der Waals surface area contributed by atoms with Crippen LogP contribution in [-0.2, 0) is 0 Å². The lowest BCUT2D eigenvalue weighted by molar-refractivity contribution is 0.0942. The van der Waals surface area contributed by atoms with Gasteiger partial charge in [-0.05, 0) is 48.0 Å². The average molecular weight is 354 g/mol. The number of nitrogens with zero attached hydrogens (tertiary/aromatic N) is 3. The second kappa shape index (κ2) is 7.66. The molecule has 4 aromatic rings. The smallest absolute Gasteiger partial charge is 0.252 e. The standard InChI is InChI=1S/C22H18N4O/c27-22(18-10-12-19(13-11-18)26-16-6-15-24-26)25-21(17-7-2-1-3-8-17)20-9-4-5-14-23-20/h1-16,21H,(H,25,27). The number of nitrogens with one attached hydrogen (secondary N) is 1. The SMILES string of the molecule is O=C(NC(c1ccccc1)c1ccccn1)c1ccc(-n2cccn2)cc1. The van der Waals surface area contributed by atoms with E-state index < -0.39 is 0 Å². The molecule has 1 unspecified atom stereocenters. The average Bonchev–Trinajstić information content (AvgIpc) is 3.28. The molecule has 0 fully saturated rings. The number of benzene rings is 2. The van der Waals surface area contributed by atoms with Crippen molar-refractivity contribution in [1.29, 1.82) is 0 Å². The van der Waals surface area contributed by atoms with Crippen molar-refractivity contribution in [3.8, 4) is 5.69 Å². The first kappa shape index (κ1) is 16.7. The summed E-state index contributed by atoms with van der Waals surface area (Å²) in [5, 5.41) is 7.29. The summed E-state index contributed by atoms with van der Waals surface area (Å²) in [4.78, 5) is 17.3. The Morgan fingerprint density at radius 2 is 1.63 bits per heavy atom. The van der Waals surface area contributed by atoms with Crippen molar-refractivity contribution in [2.45, 2.75) is 6.04 Å². The Balaban J connectivity index is 1.58. The molecular weight excluding hydrogens is 336 g/mol. The molecule has 0 saturated heterocycles. The van der Waals surface area contributed by atoms with Crippen LogP contribution in [0.1, 0.15) is 27.7 Å². The number of rotatable bonds is 5. The van der Waals surface area contributed by atoms with Crippen LogP contribution < -0.4 is 5.32 Å². The lowest BCUT2D eigenvalue weighted by Gasteiger charge is -2.19. The van der Waals surface area contributed by atoms with E-state index >= 15 is 0 Å². The minimum Gasteiger partial charge on any atom is -0.340 e. The minimum absolute atomic E-state index is 0.151. The molecule has 0 saturated carbocycles. The lowest BCUT2D eigenvalue weighted by Crippen LogP contribution is -2.29. The van der Waals surface area contributed by atoms with Gasteiger partial charge in [0.1, 0.15) is 0 Å². The molecule has 0 spiro atoms. The van der Waals surface area contributed by atoms with E-state index in [0.717, 1.165) is 16.9 Å². The molecule has 5 nitrogen and oxygen atoms in total. The molecule has 4 rings (SSSR count). The second-order valence-corrected chi connectivity index (χ2v) is 6.07. The molecule has 132 valence electrons. The number of carbonyl (C=O) groups is 1. The van der Waals surface area contributed by atoms with Crippen LogP contribution in [0.5, 0.6) is 0 Å². The molecular formula is C22H18N4O. The zero-order valence-corrected chi connectivity index (χ0v) is 14.6. The maximum atomic E-state index is 12.8. The Hall–Kier alpha value is -3.73. The third-order valence-electron chi connectivity index (χ3n) is 4.29. The van der Waals surface area contributed by atoms with Crippen LogP contribution in [0.4, 0.5) is 0 Å². The van der Waals surface area contributed by atoms with Gasteiger partial charge in [-0.2, -0.15) is 5.10 Å². The van der Waals surface area contributed by atoms with Crippen LogP contribution in [0.3, 0.4) is 0 Å². The molecule has 1 atom stereocenters. The molecule has 1 N–H and O–H groups in total. The topological polar surface area (TPSA) is 59.8 Å². The molecule has 0 aliphatic carbocycles. The number of hydrogen-bond donors (Lipinski definition) is 1. The first-order chi connectivity index (χ1) is 13.3. The van der Waals surface area contributed by atoms with E-state index in [0.29, 0.717) is 5.56 Å². The van der Waals surface area contributed by atoms with Gasteiger partial charge in [0, 0.05) is 24.2 Å². The Morgan fingerprint density at radius 3 is 2.30 bits per heavy atom. The van der Waals surface area contributed by atoms with Crippen molar-refractivity contribution in [3.05, 3.63) is 114 Å². The molecule has 5 heteroatoms. The molecule has 2 aromatic carbocycles. The normalized spacial score (nSPS) is 11.7. The summed E-state index contributed by atoms with van der Waals surface area (Å²) in [6.07, 6.45) is 5.32. The van der Waals surface area contributed by atoms with Gasteiger partial charge in [0.25, 0.3) is 5.91 Å². The van der Waals surface area contributed by atoms with Crippen LogP contribution in [-0.4, -0.2) is 20.7 Å². The van der Waals surface area contributed by atoms with Crippen molar-refractivity contribution >= 4 is 5.91 Å². The van der Waals surface area contributed by atoms with E-state index in [1.54, 1.807) is 29.2 Å². The summed E-state index contributed by atoms with van der Waals surface area (Å²) < 4.78 is 1.75. The lowest BCUT2D eigenvalue weighted by atomic mass is 10.0. The summed E-state index contributed by atoms with van der Waals surface area (Å²) in [6, 6.07) is 24.4. The highest BCUT2D eigenvalue weighted by Gasteiger charge is 2.18. The minimum atomic E-state index is -0.314. The predicted molar refractivity (Wildman–Crippen MR) is 104 cm³/mol. The van der Waals surface area contributed by atoms with Gasteiger partial charge in [-0.1, -0.05) is 36.4 Å². The summed E-state index contributed by atoms with van der Waals surface area (Å²) in [6.45, 7) is 0. The highest BCUT2D eigenvalue weighted by atomic mass is 16.1. The van der Waals surface area contributed by atoms with Gasteiger partial charge in [-0.25, -0.2) is 4.68 Å². The van der Waals surface area contributed by atoms with Crippen molar-refractivity contribution in [1.82, 2.24) is 20.1 Å². The van der Waals surface area contributed by atoms with E-state index in [2.05, 4.69) is 15.4 Å². The highest BCUT2D eigenvalue weighted by molar-refractivity contribution is 5.94. The molecule has 0 bridgehead atoms. The first-order valence-corrected chi connectivity index (χ1v) is 8.68. The molecule has 0 aliphatic heterocycles. The number of aromatic nitrogens is 3. The molecule has 0 aliphatic rings. The molecule has 2 aromatic heterocycles. The number of carbonyl (C=O) groups excluding carboxylic acids is 1. The van der Waals surface area contributed by atoms with Crippen LogP contribution in [0.25, 0.3) is 5.69 Å². The summed E-state index contributed by atoms with van der Waals surface area (Å²) >= 11 is 0. The van der Waals surface area contributed by atoms with Crippen LogP contribution in [0.15, 0.2) is 97.5 Å². The van der Waals surface area contributed by atoms with E-state index in [-0.39, 0.29) is 11.9 Å². The fraction of sp³-hybridized carbons (Fsp3) is 0.0455. The third kappa shape index (κ3) is 3.77. The van der Waals surface area contributed by atoms with Gasteiger partial charge in [0.15, 0.2) is 0 Å². The Bertz CT molecular complexity index is 958. The number of hydrogen-bond acceptors (Lipinski definition) is 3. The largest absolute Gasteiger partial charge is 0.340 e. The molecule has 2 heterocycles. The van der Waals surface area contributed by atoms with Crippen molar-refractivity contribution in [2.75, 3.05) is 0 Å². The molecule has 27 heavy (non-hydrogen) atoms. The number of amides is 1. The van der Waals surface area contributed by atoms with Gasteiger partial charge in [0.05, 0.1) is 17.4 Å². The molecule has 1 amide bonds. The van der Waals surface area contributed by atoms with Crippen LogP contribution in [0, 0.1) is 0 Å². The summed E-state index contributed by atoms with van der Waals surface area (Å²) in [7, 11) is 0. The Kier molecular flexibility index (Phi) is 4.74. The first-order valence-electron chi connectivity index (χ1n) is 8.68. The zero-order valence-electron chi connectivity index (χ0n) is 14.6. The quantitative estimate of drug-likeness (QED) is 0.593. The van der Waals surface area contributed by atoms with Gasteiger partial charge in [0.2, 0.25) is 0 Å². The molecule has 0 radical (unpaired) electrons. The van der Waals surface area contributed by atoms with E-state index in [9.17, 15) is 4.79 Å². The summed E-state index contributed by atoms with van der Waals surface area (Å²) in [5.74, 6) is -0.151. The fourth-order valence-corrected chi connectivity index (χ4v) is 2.92. The van der Waals surface area contributed by atoms with Gasteiger partial charge in [-0.15, -0.1) is 0 Å². The van der Waals surface area contributed by atoms with Crippen molar-refractivity contribution in [3.63, 3.8) is 0 Å². The van der Waals surface area contributed by atoms with Crippen LogP contribution in [0.2, 0.25) is 0 Å². The maximum absolute atomic E-state index is 12.8. The number of pyridine rings is 1. The van der Waals surface area contributed by atoms with E-state index in [4.69, 9.17) is 0 Å². The van der Waals surface area contributed by atoms with Crippen molar-refractivity contribution < 1.29 is 4.79 Å². The second-order valence-electron chi connectivity index (χ2n) is 6.07. The van der Waals surface area contributed by atoms with Gasteiger partial charge < -0.3 is 5.32 Å². The van der Waals surface area contributed by atoms with Crippen LogP contribution >= 0.6 is 0 Å². The Labute approximate surface area is 157 Å². The van der Waals surface area contributed by atoms with E-state index in [1.807, 2.05) is 72.9 Å². The van der Waals surface area contributed by atoms with Crippen molar-refractivity contribution in [2.24, 2.45) is 0 Å². The van der Waals surface area contributed by atoms with E-state index in [1.165, 1.54) is 0 Å². The maximum Gasteiger partial charge on any atom is 0.252 e. The Morgan fingerprint density at radius 1 is 0.852 bits per heavy atom. The predicted octanol–water partition coefficient (Wildman–Crippen LogP) is 3.79. The highest BCUT2D eigenvalue weighted by Crippen LogP contribution is 2.21. The monoisotopic (exact) mass is 354 g/mol. The fourth-order valence-electron chi connectivity index (χ4n) is 2.92. The summed E-state index contributed by atoms with van der Waals surface area (Å²) in [5.41, 5.74) is 3.27.